The number of nitrogens with one attached hydrogen (secondary N) is 1. The molecule has 0 radical (unpaired) electrons. The second-order valence-electron chi connectivity index (χ2n) is 7.04. The Bertz CT molecular complexity index is 1240. The fourth-order valence-electron chi connectivity index (χ4n) is 3.62. The number of nitrogens with zero attached hydrogens (tertiary/aromatic N) is 1. The first-order chi connectivity index (χ1) is 14.6. The number of carbonyl (C=O) groups is 1. The minimum Gasteiger partial charge on any atom is -0.496 e. The van der Waals surface area contributed by atoms with Gasteiger partial charge in [0.25, 0.3) is 5.91 Å². The minimum absolute atomic E-state index is 0.0326. The Morgan fingerprint density at radius 1 is 1.07 bits per heavy atom. The van der Waals surface area contributed by atoms with Gasteiger partial charge in [0.05, 0.1) is 12.7 Å². The summed E-state index contributed by atoms with van der Waals surface area (Å²) < 4.78 is 19.2. The quantitative estimate of drug-likeness (QED) is 0.495. The first-order valence-electron chi connectivity index (χ1n) is 9.62. The third kappa shape index (κ3) is 3.74. The van der Waals surface area contributed by atoms with Crippen LogP contribution in [-0.2, 0) is 6.54 Å². The van der Waals surface area contributed by atoms with Gasteiger partial charge in [-0.05, 0) is 64.9 Å². The van der Waals surface area contributed by atoms with Crippen molar-refractivity contribution < 1.29 is 13.9 Å². The average molecular weight is 400 g/mol. The maximum Gasteiger partial charge on any atom is 0.254 e. The zero-order chi connectivity index (χ0) is 21.1. The van der Waals surface area contributed by atoms with E-state index >= 15 is 0 Å². The lowest BCUT2D eigenvalue weighted by molar-refractivity contribution is 0.0947. The van der Waals surface area contributed by atoms with Crippen molar-refractivity contribution >= 4 is 16.7 Å². The van der Waals surface area contributed by atoms with Gasteiger partial charge in [-0.1, -0.05) is 30.3 Å². The Kier molecular flexibility index (Phi) is 5.44. The highest BCUT2D eigenvalue weighted by Crippen LogP contribution is 2.33. The van der Waals surface area contributed by atoms with Crippen LogP contribution in [0.3, 0.4) is 0 Å². The summed E-state index contributed by atoms with van der Waals surface area (Å²) >= 11 is 0. The molecule has 0 unspecified atom stereocenters. The normalized spacial score (nSPS) is 10.8. The van der Waals surface area contributed by atoms with Crippen LogP contribution in [0.15, 0.2) is 73.1 Å². The van der Waals surface area contributed by atoms with E-state index in [1.54, 1.807) is 31.6 Å². The number of amides is 1. The number of carbonyl (C=O) groups excluding carboxylic acids is 1. The molecule has 0 atom stereocenters. The second kappa shape index (κ2) is 8.33. The maximum absolute atomic E-state index is 13.9. The molecular formula is C25H21FN2O2. The molecule has 0 spiro atoms. The number of aromatic nitrogens is 1. The number of rotatable bonds is 5. The van der Waals surface area contributed by atoms with Crippen LogP contribution in [0.2, 0.25) is 0 Å². The molecule has 0 aliphatic carbocycles. The van der Waals surface area contributed by atoms with Gasteiger partial charge in [-0.2, -0.15) is 0 Å². The Labute approximate surface area is 174 Å². The van der Waals surface area contributed by atoms with Gasteiger partial charge in [-0.3, -0.25) is 9.78 Å². The highest BCUT2D eigenvalue weighted by Gasteiger charge is 2.13. The molecule has 0 fully saturated rings. The van der Waals surface area contributed by atoms with Gasteiger partial charge >= 0.3 is 0 Å². The number of pyridine rings is 1. The minimum atomic E-state index is -0.535. The molecule has 0 bridgehead atoms. The SMILES string of the molecule is COc1ccc(-c2ccc(CNC(=O)c3ccccc3F)c3cnccc23)cc1C. The second-order valence-corrected chi connectivity index (χ2v) is 7.04. The van der Waals surface area contributed by atoms with Crippen LogP contribution in [0.4, 0.5) is 4.39 Å². The summed E-state index contributed by atoms with van der Waals surface area (Å²) in [5.74, 6) is -0.135. The number of hydrogen-bond donors (Lipinski definition) is 1. The Hall–Kier alpha value is -3.73. The highest BCUT2D eigenvalue weighted by molar-refractivity contribution is 5.99. The molecule has 30 heavy (non-hydrogen) atoms. The van der Waals surface area contributed by atoms with Crippen molar-refractivity contribution in [3.05, 3.63) is 95.6 Å². The van der Waals surface area contributed by atoms with Gasteiger partial charge in [0.2, 0.25) is 0 Å². The molecule has 5 heteroatoms. The molecule has 0 saturated carbocycles. The van der Waals surface area contributed by atoms with E-state index in [-0.39, 0.29) is 12.1 Å². The van der Waals surface area contributed by atoms with Crippen molar-refractivity contribution in [2.24, 2.45) is 0 Å². The number of hydrogen-bond acceptors (Lipinski definition) is 3. The molecule has 1 heterocycles. The van der Waals surface area contributed by atoms with Crippen molar-refractivity contribution in [1.29, 1.82) is 0 Å². The number of methoxy groups -OCH3 is 1. The van der Waals surface area contributed by atoms with E-state index in [2.05, 4.69) is 16.4 Å². The number of ether oxygens (including phenoxy) is 1. The van der Waals surface area contributed by atoms with Crippen molar-refractivity contribution in [1.82, 2.24) is 10.3 Å². The molecule has 0 saturated heterocycles. The van der Waals surface area contributed by atoms with E-state index in [1.165, 1.54) is 12.1 Å². The van der Waals surface area contributed by atoms with Gasteiger partial charge in [0.1, 0.15) is 11.6 Å². The predicted octanol–water partition coefficient (Wildman–Crippen LogP) is 5.29. The van der Waals surface area contributed by atoms with Crippen LogP contribution in [0, 0.1) is 12.7 Å². The Morgan fingerprint density at radius 2 is 1.90 bits per heavy atom. The first-order valence-corrected chi connectivity index (χ1v) is 9.62. The van der Waals surface area contributed by atoms with Crippen molar-refractivity contribution in [3.8, 4) is 16.9 Å². The Balaban J connectivity index is 1.67. The van der Waals surface area contributed by atoms with Crippen molar-refractivity contribution in [2.45, 2.75) is 13.5 Å². The molecule has 1 aromatic heterocycles. The molecule has 4 nitrogen and oxygen atoms in total. The number of fused-ring (bicyclic) bond motifs is 1. The summed E-state index contributed by atoms with van der Waals surface area (Å²) in [5.41, 5.74) is 4.15. The van der Waals surface area contributed by atoms with Crippen LogP contribution in [-0.4, -0.2) is 18.0 Å². The number of benzene rings is 3. The van der Waals surface area contributed by atoms with Gasteiger partial charge in [0, 0.05) is 24.3 Å². The molecule has 150 valence electrons. The van der Waals surface area contributed by atoms with E-state index < -0.39 is 11.7 Å². The first kappa shape index (κ1) is 19.6. The summed E-state index contributed by atoms with van der Waals surface area (Å²) in [6.45, 7) is 2.29. The van der Waals surface area contributed by atoms with E-state index in [0.29, 0.717) is 0 Å². The van der Waals surface area contributed by atoms with E-state index in [4.69, 9.17) is 4.74 Å². The van der Waals surface area contributed by atoms with Crippen LogP contribution in [0.5, 0.6) is 5.75 Å². The standard InChI is InChI=1S/C25H21FN2O2/c1-16-13-17(8-10-24(16)30-2)19-9-7-18(22-15-27-12-11-20(19)22)14-28-25(29)21-5-3-4-6-23(21)26/h3-13,15H,14H2,1-2H3,(H,28,29). The van der Waals surface area contributed by atoms with Crippen LogP contribution >= 0.6 is 0 Å². The molecule has 1 N–H and O–H groups in total. The molecular weight excluding hydrogens is 379 g/mol. The van der Waals surface area contributed by atoms with E-state index in [1.807, 2.05) is 37.3 Å². The largest absolute Gasteiger partial charge is 0.496 e. The van der Waals surface area contributed by atoms with Crippen LogP contribution in [0.25, 0.3) is 21.9 Å². The fourth-order valence-corrected chi connectivity index (χ4v) is 3.62. The maximum atomic E-state index is 13.9. The predicted molar refractivity (Wildman–Crippen MR) is 116 cm³/mol. The molecule has 4 rings (SSSR count). The van der Waals surface area contributed by atoms with E-state index in [0.717, 1.165) is 38.8 Å². The number of aryl methyl sites for hydroxylation is 1. The van der Waals surface area contributed by atoms with Crippen LogP contribution < -0.4 is 10.1 Å². The summed E-state index contributed by atoms with van der Waals surface area (Å²) in [6.07, 6.45) is 3.55. The van der Waals surface area contributed by atoms with Gasteiger partial charge in [-0.25, -0.2) is 4.39 Å². The summed E-state index contributed by atoms with van der Waals surface area (Å²) in [5, 5.41) is 4.78. The zero-order valence-corrected chi connectivity index (χ0v) is 16.8. The van der Waals surface area contributed by atoms with Crippen molar-refractivity contribution in [2.75, 3.05) is 7.11 Å². The number of halogens is 1. The lowest BCUT2D eigenvalue weighted by atomic mass is 9.95. The lowest BCUT2D eigenvalue weighted by Gasteiger charge is -2.13. The molecule has 3 aromatic carbocycles. The summed E-state index contributed by atoms with van der Waals surface area (Å²) in [4.78, 5) is 16.6. The molecule has 0 aliphatic heterocycles. The summed E-state index contributed by atoms with van der Waals surface area (Å²) in [6, 6.07) is 18.0. The Morgan fingerprint density at radius 3 is 2.67 bits per heavy atom. The lowest BCUT2D eigenvalue weighted by Crippen LogP contribution is -2.23. The molecule has 1 amide bonds. The smallest absolute Gasteiger partial charge is 0.254 e. The summed E-state index contributed by atoms with van der Waals surface area (Å²) in [7, 11) is 1.66. The van der Waals surface area contributed by atoms with Gasteiger partial charge in [0.15, 0.2) is 0 Å². The van der Waals surface area contributed by atoms with Gasteiger partial charge < -0.3 is 10.1 Å². The topological polar surface area (TPSA) is 51.2 Å². The fraction of sp³-hybridized carbons (Fsp3) is 0.120. The van der Waals surface area contributed by atoms with Crippen molar-refractivity contribution in [3.63, 3.8) is 0 Å². The molecule has 0 aliphatic rings. The van der Waals surface area contributed by atoms with E-state index in [9.17, 15) is 9.18 Å². The zero-order valence-electron chi connectivity index (χ0n) is 16.8. The van der Waals surface area contributed by atoms with Crippen LogP contribution in [0.1, 0.15) is 21.5 Å². The molecule has 4 aromatic rings. The highest BCUT2D eigenvalue weighted by atomic mass is 19.1. The average Bonchev–Trinajstić information content (AvgIpc) is 2.77. The van der Waals surface area contributed by atoms with Gasteiger partial charge in [-0.15, -0.1) is 0 Å². The third-order valence-electron chi connectivity index (χ3n) is 5.17. The third-order valence-corrected chi connectivity index (χ3v) is 5.17. The monoisotopic (exact) mass is 400 g/mol.